The van der Waals surface area contributed by atoms with Gasteiger partial charge >= 0.3 is 5.97 Å². The van der Waals surface area contributed by atoms with Crippen molar-refractivity contribution in [2.24, 2.45) is 5.92 Å². The average Bonchev–Trinajstić information content (AvgIpc) is 2.19. The van der Waals surface area contributed by atoms with Gasteiger partial charge in [0.25, 0.3) is 0 Å². The number of hydrogen-bond donors (Lipinski definition) is 3. The number of aliphatic carboxylic acids is 1. The Balaban J connectivity index is 2.34. The predicted molar refractivity (Wildman–Crippen MR) is 52.9 cm³/mol. The number of fused-ring (bicyclic) bond motifs is 1. The first-order chi connectivity index (χ1) is 7.08. The van der Waals surface area contributed by atoms with Crippen LogP contribution in [0.25, 0.3) is 0 Å². The molecule has 1 aromatic carbocycles. The first-order valence-electron chi connectivity index (χ1n) is 4.84. The molecule has 0 saturated heterocycles. The van der Waals surface area contributed by atoms with Crippen LogP contribution in [-0.2, 0) is 17.6 Å². The van der Waals surface area contributed by atoms with E-state index >= 15 is 0 Å². The summed E-state index contributed by atoms with van der Waals surface area (Å²) in [5.41, 5.74) is 1.76. The quantitative estimate of drug-likeness (QED) is 0.607. The van der Waals surface area contributed by atoms with E-state index in [9.17, 15) is 15.0 Å². The number of carboxylic acid groups (broad SMARTS) is 1. The van der Waals surface area contributed by atoms with Gasteiger partial charge in [-0.3, -0.25) is 4.79 Å². The van der Waals surface area contributed by atoms with E-state index in [-0.39, 0.29) is 17.4 Å². The Morgan fingerprint density at radius 3 is 2.40 bits per heavy atom. The van der Waals surface area contributed by atoms with Crippen molar-refractivity contribution in [1.82, 2.24) is 0 Å². The Labute approximate surface area is 86.8 Å². The van der Waals surface area contributed by atoms with Crippen LogP contribution in [-0.4, -0.2) is 21.3 Å². The maximum atomic E-state index is 10.8. The number of benzene rings is 1. The Bertz CT molecular complexity index is 411. The summed E-state index contributed by atoms with van der Waals surface area (Å²) in [4.78, 5) is 10.8. The molecular weight excluding hydrogens is 196 g/mol. The Morgan fingerprint density at radius 1 is 1.20 bits per heavy atom. The molecule has 0 fully saturated rings. The molecular formula is C11H12O4. The molecule has 1 unspecified atom stereocenters. The van der Waals surface area contributed by atoms with E-state index < -0.39 is 5.97 Å². The number of aryl methyl sites for hydroxylation is 1. The van der Waals surface area contributed by atoms with Gasteiger partial charge in [-0.2, -0.15) is 0 Å². The van der Waals surface area contributed by atoms with Gasteiger partial charge in [0.1, 0.15) is 0 Å². The Hall–Kier alpha value is -1.71. The Morgan fingerprint density at radius 2 is 1.80 bits per heavy atom. The molecule has 15 heavy (non-hydrogen) atoms. The van der Waals surface area contributed by atoms with Crippen molar-refractivity contribution in [3.63, 3.8) is 0 Å². The van der Waals surface area contributed by atoms with Crippen LogP contribution in [0.5, 0.6) is 11.5 Å². The van der Waals surface area contributed by atoms with E-state index in [0.29, 0.717) is 19.3 Å². The van der Waals surface area contributed by atoms with Crippen molar-refractivity contribution in [3.8, 4) is 11.5 Å². The van der Waals surface area contributed by atoms with Gasteiger partial charge in [0.2, 0.25) is 0 Å². The second kappa shape index (κ2) is 3.46. The fourth-order valence-corrected chi connectivity index (χ4v) is 1.99. The molecule has 1 atom stereocenters. The van der Waals surface area contributed by atoms with Crippen molar-refractivity contribution in [2.75, 3.05) is 0 Å². The van der Waals surface area contributed by atoms with Gasteiger partial charge in [-0.05, 0) is 42.5 Å². The number of rotatable bonds is 1. The van der Waals surface area contributed by atoms with Crippen molar-refractivity contribution < 1.29 is 20.1 Å². The highest BCUT2D eigenvalue weighted by atomic mass is 16.4. The monoisotopic (exact) mass is 208 g/mol. The number of aromatic hydroxyl groups is 2. The molecule has 0 bridgehead atoms. The van der Waals surface area contributed by atoms with Gasteiger partial charge in [0.05, 0.1) is 5.92 Å². The van der Waals surface area contributed by atoms with Crippen LogP contribution in [0.15, 0.2) is 12.1 Å². The third-order valence-corrected chi connectivity index (χ3v) is 2.87. The van der Waals surface area contributed by atoms with Crippen LogP contribution in [0.2, 0.25) is 0 Å². The normalized spacial score (nSPS) is 19.6. The summed E-state index contributed by atoms with van der Waals surface area (Å²) in [6.07, 6.45) is 1.66. The van der Waals surface area contributed by atoms with Crippen LogP contribution >= 0.6 is 0 Å². The molecule has 0 aliphatic heterocycles. The zero-order valence-corrected chi connectivity index (χ0v) is 8.10. The molecule has 80 valence electrons. The number of phenols is 2. The zero-order valence-electron chi connectivity index (χ0n) is 8.10. The van der Waals surface area contributed by atoms with Crippen LogP contribution in [0, 0.1) is 5.92 Å². The highest BCUT2D eigenvalue weighted by Crippen LogP contribution is 2.34. The van der Waals surface area contributed by atoms with E-state index in [1.807, 2.05) is 0 Å². The molecule has 1 aliphatic carbocycles. The fraction of sp³-hybridized carbons (Fsp3) is 0.364. The zero-order chi connectivity index (χ0) is 11.0. The molecule has 1 aliphatic rings. The van der Waals surface area contributed by atoms with Gasteiger partial charge in [-0.1, -0.05) is 0 Å². The number of carboxylic acids is 1. The smallest absolute Gasteiger partial charge is 0.306 e. The third kappa shape index (κ3) is 1.75. The lowest BCUT2D eigenvalue weighted by Crippen LogP contribution is -2.22. The van der Waals surface area contributed by atoms with E-state index in [0.717, 1.165) is 11.1 Å². The van der Waals surface area contributed by atoms with Crippen LogP contribution in [0.4, 0.5) is 0 Å². The summed E-state index contributed by atoms with van der Waals surface area (Å²) in [5.74, 6) is -1.49. The van der Waals surface area contributed by atoms with Gasteiger partial charge in [0, 0.05) is 0 Å². The molecule has 0 spiro atoms. The molecule has 0 amide bonds. The predicted octanol–water partition coefficient (Wildman–Crippen LogP) is 1.29. The summed E-state index contributed by atoms with van der Waals surface area (Å²) in [6, 6.07) is 2.97. The summed E-state index contributed by atoms with van der Waals surface area (Å²) < 4.78 is 0. The highest BCUT2D eigenvalue weighted by molar-refractivity contribution is 5.71. The molecule has 4 nitrogen and oxygen atoms in total. The highest BCUT2D eigenvalue weighted by Gasteiger charge is 2.25. The minimum absolute atomic E-state index is 0.137. The standard InChI is InChI=1S/C11H12O4/c12-9-4-6-1-2-7(11(14)15)3-8(6)5-10(9)13/h4-5,7,12-13H,1-3H2,(H,14,15). The number of carbonyl (C=O) groups is 1. The molecule has 0 saturated carbocycles. The first-order valence-corrected chi connectivity index (χ1v) is 4.84. The molecule has 2 rings (SSSR count). The summed E-state index contributed by atoms with van der Waals surface area (Å²) in [6.45, 7) is 0. The van der Waals surface area contributed by atoms with E-state index in [1.54, 1.807) is 0 Å². The lowest BCUT2D eigenvalue weighted by Gasteiger charge is -2.21. The summed E-state index contributed by atoms with van der Waals surface area (Å²) in [5, 5.41) is 27.5. The van der Waals surface area contributed by atoms with Gasteiger partial charge < -0.3 is 15.3 Å². The maximum Gasteiger partial charge on any atom is 0.306 e. The maximum absolute atomic E-state index is 10.8. The van der Waals surface area contributed by atoms with E-state index in [4.69, 9.17) is 5.11 Å². The van der Waals surface area contributed by atoms with Crippen molar-refractivity contribution >= 4 is 5.97 Å². The molecule has 1 aromatic rings. The SMILES string of the molecule is O=C(O)C1CCc2cc(O)c(O)cc2C1. The van der Waals surface area contributed by atoms with Crippen LogP contribution < -0.4 is 0 Å². The van der Waals surface area contributed by atoms with E-state index in [1.165, 1.54) is 12.1 Å². The summed E-state index contributed by atoms with van der Waals surface area (Å²) in [7, 11) is 0. The second-order valence-corrected chi connectivity index (χ2v) is 3.89. The van der Waals surface area contributed by atoms with Gasteiger partial charge in [0.15, 0.2) is 11.5 Å². The topological polar surface area (TPSA) is 77.8 Å². The number of hydrogen-bond acceptors (Lipinski definition) is 3. The van der Waals surface area contributed by atoms with Crippen molar-refractivity contribution in [1.29, 1.82) is 0 Å². The molecule has 4 heteroatoms. The number of phenolic OH excluding ortho intramolecular Hbond substituents is 2. The minimum atomic E-state index is -0.798. The molecule has 0 aromatic heterocycles. The van der Waals surface area contributed by atoms with Gasteiger partial charge in [-0.25, -0.2) is 0 Å². The lowest BCUT2D eigenvalue weighted by atomic mass is 9.84. The molecule has 3 N–H and O–H groups in total. The molecule has 0 heterocycles. The third-order valence-electron chi connectivity index (χ3n) is 2.87. The second-order valence-electron chi connectivity index (χ2n) is 3.89. The first kappa shape index (κ1) is 9.83. The molecule has 0 radical (unpaired) electrons. The average molecular weight is 208 g/mol. The van der Waals surface area contributed by atoms with Crippen molar-refractivity contribution in [3.05, 3.63) is 23.3 Å². The van der Waals surface area contributed by atoms with Crippen LogP contribution in [0.3, 0.4) is 0 Å². The largest absolute Gasteiger partial charge is 0.504 e. The van der Waals surface area contributed by atoms with Crippen LogP contribution in [0.1, 0.15) is 17.5 Å². The Kier molecular flexibility index (Phi) is 2.26. The lowest BCUT2D eigenvalue weighted by molar-refractivity contribution is -0.142. The summed E-state index contributed by atoms with van der Waals surface area (Å²) >= 11 is 0. The van der Waals surface area contributed by atoms with Gasteiger partial charge in [-0.15, -0.1) is 0 Å². The van der Waals surface area contributed by atoms with E-state index in [2.05, 4.69) is 0 Å². The van der Waals surface area contributed by atoms with Crippen molar-refractivity contribution in [2.45, 2.75) is 19.3 Å². The fourth-order valence-electron chi connectivity index (χ4n) is 1.99. The minimum Gasteiger partial charge on any atom is -0.504 e.